The fraction of sp³-hybridized carbons (Fsp3) is 0.172. The van der Waals surface area contributed by atoms with Crippen LogP contribution in [0.15, 0.2) is 83.7 Å². The maximum absolute atomic E-state index is 13.6. The summed E-state index contributed by atoms with van der Waals surface area (Å²) in [4.78, 5) is 26.9. The molecule has 0 spiro atoms. The van der Waals surface area contributed by atoms with Crippen molar-refractivity contribution in [2.45, 2.75) is 18.5 Å². The summed E-state index contributed by atoms with van der Waals surface area (Å²) in [6.07, 6.45) is 0.0739. The molecule has 0 unspecified atom stereocenters. The maximum atomic E-state index is 13.6. The van der Waals surface area contributed by atoms with Gasteiger partial charge in [-0.1, -0.05) is 47.5 Å². The number of nitrogens with one attached hydrogen (secondary N) is 1. The Balaban J connectivity index is 1.61. The van der Waals surface area contributed by atoms with E-state index in [1.54, 1.807) is 55.2 Å². The number of rotatable bonds is 7. The van der Waals surface area contributed by atoms with Gasteiger partial charge in [0.1, 0.15) is 17.3 Å². The molecule has 0 fully saturated rings. The summed E-state index contributed by atoms with van der Waals surface area (Å²) in [5, 5.41) is 4.68. The van der Waals surface area contributed by atoms with Gasteiger partial charge < -0.3 is 14.8 Å². The van der Waals surface area contributed by atoms with E-state index in [9.17, 15) is 9.59 Å². The first-order valence-corrected chi connectivity index (χ1v) is 12.4. The van der Waals surface area contributed by atoms with Crippen LogP contribution in [0.4, 0.5) is 5.82 Å². The highest BCUT2D eigenvalue weighted by molar-refractivity contribution is 6.30. The Hall–Kier alpha value is -3.74. The molecular weight excluding hydrogens is 511 g/mol. The van der Waals surface area contributed by atoms with Gasteiger partial charge in [-0.05, 0) is 59.7 Å². The summed E-state index contributed by atoms with van der Waals surface area (Å²) < 4.78 is 12.4. The molecule has 6 nitrogen and oxygen atoms in total. The zero-order valence-corrected chi connectivity index (χ0v) is 21.7. The Morgan fingerprint density at radius 2 is 1.51 bits per heavy atom. The number of hydrogen-bond acceptors (Lipinski definition) is 5. The molecule has 0 bridgehead atoms. The Morgan fingerprint density at radius 1 is 0.865 bits per heavy atom. The van der Waals surface area contributed by atoms with E-state index in [0.717, 1.165) is 11.1 Å². The number of carbonyl (C=O) groups is 1. The van der Waals surface area contributed by atoms with Crippen molar-refractivity contribution < 1.29 is 14.3 Å². The highest BCUT2D eigenvalue weighted by Crippen LogP contribution is 2.43. The second-order valence-electron chi connectivity index (χ2n) is 8.75. The van der Waals surface area contributed by atoms with Crippen molar-refractivity contribution in [3.63, 3.8) is 0 Å². The molecule has 188 valence electrons. The smallest absolute Gasteiger partial charge is 0.252 e. The van der Waals surface area contributed by atoms with E-state index in [-0.39, 0.29) is 23.8 Å². The van der Waals surface area contributed by atoms with Crippen LogP contribution >= 0.6 is 23.2 Å². The minimum atomic E-state index is -0.403. The zero-order valence-electron chi connectivity index (χ0n) is 20.2. The molecule has 2 heterocycles. The van der Waals surface area contributed by atoms with Crippen molar-refractivity contribution in [2.75, 3.05) is 19.5 Å². The van der Waals surface area contributed by atoms with Gasteiger partial charge in [0.25, 0.3) is 5.56 Å². The number of ketones is 1. The molecule has 0 amide bonds. The fourth-order valence-corrected chi connectivity index (χ4v) is 5.06. The van der Waals surface area contributed by atoms with Crippen LogP contribution in [0.1, 0.15) is 39.1 Å². The number of methoxy groups -OCH3 is 2. The van der Waals surface area contributed by atoms with Gasteiger partial charge in [-0.25, -0.2) is 0 Å². The minimum absolute atomic E-state index is 0.0739. The van der Waals surface area contributed by atoms with Crippen LogP contribution < -0.4 is 20.3 Å². The molecule has 2 atom stereocenters. The van der Waals surface area contributed by atoms with Gasteiger partial charge in [0.05, 0.1) is 31.9 Å². The lowest BCUT2D eigenvalue weighted by Gasteiger charge is -2.22. The van der Waals surface area contributed by atoms with E-state index in [0.29, 0.717) is 38.5 Å². The maximum Gasteiger partial charge on any atom is 0.252 e. The number of hydrogen-bond donors (Lipinski definition) is 1. The van der Waals surface area contributed by atoms with E-state index in [1.807, 2.05) is 36.4 Å². The second-order valence-corrected chi connectivity index (χ2v) is 9.62. The SMILES string of the molecule is COc1ccc(OC)c(CC(=O)c2ccc(=O)n3c2N[C@H](c2ccc(Cl)cc2)[C@@H]3c2ccc(Cl)cc2)c1. The van der Waals surface area contributed by atoms with Crippen molar-refractivity contribution in [1.29, 1.82) is 0 Å². The molecule has 8 heteroatoms. The lowest BCUT2D eigenvalue weighted by Crippen LogP contribution is -2.25. The van der Waals surface area contributed by atoms with Crippen LogP contribution in [0.25, 0.3) is 0 Å². The fourth-order valence-electron chi connectivity index (χ4n) is 4.80. The van der Waals surface area contributed by atoms with Gasteiger partial charge in [0.2, 0.25) is 0 Å². The molecule has 0 radical (unpaired) electrons. The first-order valence-electron chi connectivity index (χ1n) is 11.7. The molecule has 1 N–H and O–H groups in total. The Labute approximate surface area is 224 Å². The van der Waals surface area contributed by atoms with Gasteiger partial charge in [-0.3, -0.25) is 14.2 Å². The molecule has 1 aliphatic rings. The van der Waals surface area contributed by atoms with Gasteiger partial charge in [0, 0.05) is 28.1 Å². The summed E-state index contributed by atoms with van der Waals surface area (Å²) in [5.41, 5.74) is 2.71. The van der Waals surface area contributed by atoms with E-state index in [4.69, 9.17) is 32.7 Å². The summed E-state index contributed by atoms with van der Waals surface area (Å²) in [6, 6.07) is 22.5. The molecule has 0 saturated carbocycles. The van der Waals surface area contributed by atoms with Crippen molar-refractivity contribution in [3.8, 4) is 11.5 Å². The normalized spacial score (nSPS) is 16.1. The zero-order chi connectivity index (χ0) is 26.1. The van der Waals surface area contributed by atoms with Gasteiger partial charge in [-0.2, -0.15) is 0 Å². The molecule has 5 rings (SSSR count). The summed E-state index contributed by atoms with van der Waals surface area (Å²) in [6.45, 7) is 0. The molecule has 0 saturated heterocycles. The van der Waals surface area contributed by atoms with Crippen LogP contribution in [0.3, 0.4) is 0 Å². The number of benzene rings is 3. The average molecular weight is 535 g/mol. The number of nitrogens with zero attached hydrogens (tertiary/aromatic N) is 1. The van der Waals surface area contributed by atoms with Gasteiger partial charge >= 0.3 is 0 Å². The van der Waals surface area contributed by atoms with Crippen LogP contribution in [-0.4, -0.2) is 24.6 Å². The largest absolute Gasteiger partial charge is 0.497 e. The van der Waals surface area contributed by atoms with Crippen LogP contribution in [-0.2, 0) is 6.42 Å². The number of fused-ring (bicyclic) bond motifs is 1. The summed E-state index contributed by atoms with van der Waals surface area (Å²) in [7, 11) is 3.13. The third kappa shape index (κ3) is 4.82. The molecule has 37 heavy (non-hydrogen) atoms. The number of aromatic nitrogens is 1. The number of halogens is 2. The van der Waals surface area contributed by atoms with E-state index >= 15 is 0 Å². The Bertz CT molecular complexity index is 1510. The molecular formula is C29H24Cl2N2O4. The molecule has 4 aromatic rings. The Kier molecular flexibility index (Phi) is 6.96. The lowest BCUT2D eigenvalue weighted by atomic mass is 9.94. The first kappa shape index (κ1) is 24.9. The highest BCUT2D eigenvalue weighted by atomic mass is 35.5. The number of carbonyl (C=O) groups excluding carboxylic acids is 1. The van der Waals surface area contributed by atoms with Crippen LogP contribution in [0.2, 0.25) is 10.0 Å². The van der Waals surface area contributed by atoms with Crippen molar-refractivity contribution in [1.82, 2.24) is 4.57 Å². The average Bonchev–Trinajstić information content (AvgIpc) is 3.31. The van der Waals surface area contributed by atoms with E-state index in [2.05, 4.69) is 5.32 Å². The number of pyridine rings is 1. The van der Waals surface area contributed by atoms with E-state index in [1.165, 1.54) is 6.07 Å². The van der Waals surface area contributed by atoms with E-state index < -0.39 is 6.04 Å². The third-order valence-corrected chi connectivity index (χ3v) is 7.10. The van der Waals surface area contributed by atoms with Gasteiger partial charge in [-0.15, -0.1) is 0 Å². The monoisotopic (exact) mass is 534 g/mol. The highest BCUT2D eigenvalue weighted by Gasteiger charge is 2.37. The predicted molar refractivity (Wildman–Crippen MR) is 146 cm³/mol. The predicted octanol–water partition coefficient (Wildman–Crippen LogP) is 6.35. The topological polar surface area (TPSA) is 69.6 Å². The number of Topliss-reactive ketones (excluding diaryl/α,β-unsaturated/α-hetero) is 1. The first-order chi connectivity index (χ1) is 17.9. The van der Waals surface area contributed by atoms with Crippen LogP contribution in [0, 0.1) is 0 Å². The van der Waals surface area contributed by atoms with Gasteiger partial charge in [0.15, 0.2) is 5.78 Å². The van der Waals surface area contributed by atoms with Crippen molar-refractivity contribution in [2.24, 2.45) is 0 Å². The molecule has 1 aromatic heterocycles. The number of ether oxygens (including phenoxy) is 2. The summed E-state index contributed by atoms with van der Waals surface area (Å²) >= 11 is 12.3. The standard InChI is InChI=1S/C29H24Cl2N2O4/c1-36-22-11-13-25(37-2)19(15-22)16-24(34)23-12-14-26(35)33-28(18-5-9-21(31)10-6-18)27(32-29(23)33)17-3-7-20(30)8-4-17/h3-15,27-28,32H,16H2,1-2H3/t27-,28+/m1/s1. The summed E-state index contributed by atoms with van der Waals surface area (Å²) in [5.74, 6) is 1.53. The lowest BCUT2D eigenvalue weighted by molar-refractivity contribution is 0.0992. The molecule has 1 aliphatic heterocycles. The molecule has 0 aliphatic carbocycles. The second kappa shape index (κ2) is 10.3. The molecule has 3 aromatic carbocycles. The quantitative estimate of drug-likeness (QED) is 0.279. The van der Waals surface area contributed by atoms with Crippen molar-refractivity contribution >= 4 is 34.8 Å². The van der Waals surface area contributed by atoms with Crippen LogP contribution in [0.5, 0.6) is 11.5 Å². The third-order valence-electron chi connectivity index (χ3n) is 6.59. The minimum Gasteiger partial charge on any atom is -0.497 e. The van der Waals surface area contributed by atoms with Crippen molar-refractivity contribution in [3.05, 3.63) is 122 Å². The number of anilines is 1. The Morgan fingerprint density at radius 3 is 2.14 bits per heavy atom.